The van der Waals surface area contributed by atoms with E-state index in [9.17, 15) is 10.0 Å². The minimum Gasteiger partial charge on any atom is -0.462 e. The number of hydrogen-bond acceptors (Lipinski definition) is 4. The van der Waals surface area contributed by atoms with Crippen LogP contribution in [-0.4, -0.2) is 33.4 Å². The van der Waals surface area contributed by atoms with Gasteiger partial charge in [0.05, 0.1) is 0 Å². The number of esters is 1. The van der Waals surface area contributed by atoms with E-state index in [-0.39, 0.29) is 23.2 Å². The molecule has 0 saturated carbocycles. The predicted octanol–water partition coefficient (Wildman–Crippen LogP) is 4.94. The van der Waals surface area contributed by atoms with Crippen LogP contribution >= 0.6 is 0 Å². The summed E-state index contributed by atoms with van der Waals surface area (Å²) in [5.74, 6) is -0.0949. The first-order valence-corrected chi connectivity index (χ1v) is 9.14. The lowest BCUT2D eigenvalue weighted by molar-refractivity contribution is -0.259. The molecule has 1 aliphatic heterocycles. The second-order valence-corrected chi connectivity index (χ2v) is 8.83. The van der Waals surface area contributed by atoms with Crippen LogP contribution < -0.4 is 0 Å². The van der Waals surface area contributed by atoms with Crippen molar-refractivity contribution in [1.29, 1.82) is 0 Å². The maximum Gasteiger partial charge on any atom is 0.306 e. The van der Waals surface area contributed by atoms with Crippen molar-refractivity contribution in [2.24, 2.45) is 5.41 Å². The molecule has 1 heterocycles. The Labute approximate surface area is 142 Å². The van der Waals surface area contributed by atoms with Gasteiger partial charge in [0.25, 0.3) is 0 Å². The monoisotopic (exact) mass is 327 g/mol. The van der Waals surface area contributed by atoms with E-state index in [2.05, 4.69) is 20.8 Å². The molecule has 0 amide bonds. The topological polar surface area (TPSA) is 49.8 Å². The van der Waals surface area contributed by atoms with Crippen LogP contribution in [0.3, 0.4) is 0 Å². The van der Waals surface area contributed by atoms with E-state index < -0.39 is 0 Å². The molecule has 136 valence electrons. The lowest BCUT2D eigenvalue weighted by Gasteiger charge is -2.50. The SMILES string of the molecule is CCC(C)(CC)CCCC(=O)OC1CC(C)(C)N(O)C(C)(C)C1. The first-order chi connectivity index (χ1) is 10.5. The molecule has 1 rings (SSSR count). The molecule has 1 fully saturated rings. The van der Waals surface area contributed by atoms with Crippen molar-refractivity contribution in [3.05, 3.63) is 0 Å². The number of carbonyl (C=O) groups is 1. The molecule has 0 radical (unpaired) electrons. The highest BCUT2D eigenvalue weighted by Gasteiger charge is 2.46. The normalized spacial score (nSPS) is 22.1. The van der Waals surface area contributed by atoms with Gasteiger partial charge in [-0.15, -0.1) is 0 Å². The quantitative estimate of drug-likeness (QED) is 0.673. The van der Waals surface area contributed by atoms with E-state index in [1.54, 1.807) is 0 Å². The summed E-state index contributed by atoms with van der Waals surface area (Å²) in [5.41, 5.74) is -0.419. The molecule has 0 unspecified atom stereocenters. The fourth-order valence-corrected chi connectivity index (χ4v) is 3.77. The van der Waals surface area contributed by atoms with Gasteiger partial charge in [-0.3, -0.25) is 4.79 Å². The Morgan fingerprint density at radius 3 is 2.09 bits per heavy atom. The molecule has 0 aromatic heterocycles. The smallest absolute Gasteiger partial charge is 0.306 e. The lowest BCUT2D eigenvalue weighted by atomic mass is 9.80. The van der Waals surface area contributed by atoms with Crippen molar-refractivity contribution >= 4 is 5.97 Å². The lowest BCUT2D eigenvalue weighted by Crippen LogP contribution is -2.60. The maximum atomic E-state index is 12.2. The second-order valence-electron chi connectivity index (χ2n) is 8.83. The van der Waals surface area contributed by atoms with Gasteiger partial charge in [0.1, 0.15) is 6.10 Å². The van der Waals surface area contributed by atoms with Crippen LogP contribution in [0.15, 0.2) is 0 Å². The minimum atomic E-state index is -0.379. The number of carbonyl (C=O) groups excluding carboxylic acids is 1. The average Bonchev–Trinajstić information content (AvgIpc) is 2.43. The molecule has 0 aromatic rings. The average molecular weight is 328 g/mol. The molecule has 0 bridgehead atoms. The minimum absolute atomic E-state index is 0.0949. The Bertz CT molecular complexity index is 381. The van der Waals surface area contributed by atoms with E-state index in [0.29, 0.717) is 24.7 Å². The number of hydrogen-bond donors (Lipinski definition) is 1. The second kappa shape index (κ2) is 7.52. The van der Waals surface area contributed by atoms with Crippen molar-refractivity contribution in [3.63, 3.8) is 0 Å². The van der Waals surface area contributed by atoms with Crippen LogP contribution in [-0.2, 0) is 9.53 Å². The summed E-state index contributed by atoms with van der Waals surface area (Å²) in [5, 5.41) is 11.7. The number of hydroxylamine groups is 2. The molecule has 0 aliphatic carbocycles. The van der Waals surface area contributed by atoms with Gasteiger partial charge >= 0.3 is 5.97 Å². The molecule has 1 saturated heterocycles. The maximum absolute atomic E-state index is 12.2. The molecule has 4 heteroatoms. The number of rotatable bonds is 7. The largest absolute Gasteiger partial charge is 0.462 e. The van der Waals surface area contributed by atoms with Gasteiger partial charge in [0.2, 0.25) is 0 Å². The standard InChI is InChI=1S/C19H37NO3/c1-8-19(7,9-2)12-10-11-16(21)23-15-13-17(3,4)20(22)18(5,6)14-15/h15,22H,8-14H2,1-7H3. The van der Waals surface area contributed by atoms with Crippen LogP contribution in [0, 0.1) is 5.41 Å². The Balaban J connectivity index is 2.49. The van der Waals surface area contributed by atoms with E-state index >= 15 is 0 Å². The van der Waals surface area contributed by atoms with E-state index in [0.717, 1.165) is 25.7 Å². The van der Waals surface area contributed by atoms with Crippen LogP contribution in [0.1, 0.15) is 93.4 Å². The molecular weight excluding hydrogens is 290 g/mol. The summed E-state index contributed by atoms with van der Waals surface area (Å²) in [7, 11) is 0. The number of piperidine rings is 1. The summed E-state index contributed by atoms with van der Waals surface area (Å²) < 4.78 is 5.72. The number of ether oxygens (including phenoxy) is 1. The fraction of sp³-hybridized carbons (Fsp3) is 0.947. The van der Waals surface area contributed by atoms with E-state index in [1.165, 1.54) is 5.06 Å². The van der Waals surface area contributed by atoms with Crippen molar-refractivity contribution in [3.8, 4) is 0 Å². The van der Waals surface area contributed by atoms with Gasteiger partial charge in [0, 0.05) is 30.3 Å². The zero-order valence-electron chi connectivity index (χ0n) is 16.2. The van der Waals surface area contributed by atoms with Gasteiger partial charge in [-0.05, 0) is 46.0 Å². The summed E-state index contributed by atoms with van der Waals surface area (Å²) in [4.78, 5) is 12.2. The Hall–Kier alpha value is -0.610. The van der Waals surface area contributed by atoms with Crippen molar-refractivity contribution < 1.29 is 14.7 Å². The molecule has 23 heavy (non-hydrogen) atoms. The molecule has 0 aromatic carbocycles. The molecule has 4 nitrogen and oxygen atoms in total. The number of nitrogens with zero attached hydrogens (tertiary/aromatic N) is 1. The van der Waals surface area contributed by atoms with Crippen LogP contribution in [0.5, 0.6) is 0 Å². The highest BCUT2D eigenvalue weighted by atomic mass is 16.5. The third-order valence-electron chi connectivity index (χ3n) is 5.77. The first-order valence-electron chi connectivity index (χ1n) is 9.14. The molecule has 1 aliphatic rings. The summed E-state index contributed by atoms with van der Waals surface area (Å²) >= 11 is 0. The van der Waals surface area contributed by atoms with Gasteiger partial charge in [0.15, 0.2) is 0 Å². The van der Waals surface area contributed by atoms with E-state index in [1.807, 2.05) is 27.7 Å². The van der Waals surface area contributed by atoms with Gasteiger partial charge < -0.3 is 9.94 Å². The molecule has 0 spiro atoms. The zero-order chi connectivity index (χ0) is 17.9. The van der Waals surface area contributed by atoms with Crippen LogP contribution in [0.25, 0.3) is 0 Å². The van der Waals surface area contributed by atoms with Crippen molar-refractivity contribution in [2.45, 2.75) is 111 Å². The fourth-order valence-electron chi connectivity index (χ4n) is 3.77. The Morgan fingerprint density at radius 2 is 1.65 bits per heavy atom. The van der Waals surface area contributed by atoms with E-state index in [4.69, 9.17) is 4.74 Å². The summed E-state index contributed by atoms with van der Waals surface area (Å²) in [6, 6.07) is 0. The highest BCUT2D eigenvalue weighted by Crippen LogP contribution is 2.38. The van der Waals surface area contributed by atoms with Crippen LogP contribution in [0.2, 0.25) is 0 Å². The Kier molecular flexibility index (Phi) is 6.68. The van der Waals surface area contributed by atoms with Crippen molar-refractivity contribution in [1.82, 2.24) is 5.06 Å². The molecule has 0 atom stereocenters. The predicted molar refractivity (Wildman–Crippen MR) is 93.4 cm³/mol. The van der Waals surface area contributed by atoms with Gasteiger partial charge in [-0.25, -0.2) is 0 Å². The van der Waals surface area contributed by atoms with Gasteiger partial charge in [-0.2, -0.15) is 5.06 Å². The first kappa shape index (κ1) is 20.4. The molecule has 1 N–H and O–H groups in total. The summed E-state index contributed by atoms with van der Waals surface area (Å²) in [6.45, 7) is 14.7. The Morgan fingerprint density at radius 1 is 1.17 bits per heavy atom. The van der Waals surface area contributed by atoms with Crippen LogP contribution in [0.4, 0.5) is 0 Å². The highest BCUT2D eigenvalue weighted by molar-refractivity contribution is 5.69. The molecular formula is C19H37NO3. The van der Waals surface area contributed by atoms with Gasteiger partial charge in [-0.1, -0.05) is 33.6 Å². The zero-order valence-corrected chi connectivity index (χ0v) is 16.2. The third kappa shape index (κ3) is 5.46. The summed E-state index contributed by atoms with van der Waals surface area (Å²) in [6.07, 6.45) is 5.98. The third-order valence-corrected chi connectivity index (χ3v) is 5.77. The van der Waals surface area contributed by atoms with Crippen molar-refractivity contribution in [2.75, 3.05) is 0 Å².